The summed E-state index contributed by atoms with van der Waals surface area (Å²) in [5.41, 5.74) is 6.78. The number of methoxy groups -OCH3 is 1. The monoisotopic (exact) mass is 243 g/mol. The van der Waals surface area contributed by atoms with Crippen LogP contribution < -0.4 is 10.5 Å². The van der Waals surface area contributed by atoms with Crippen molar-refractivity contribution in [2.45, 2.75) is 0 Å². The number of aromatic hydroxyl groups is 1. The van der Waals surface area contributed by atoms with Crippen LogP contribution in [0.2, 0.25) is 0 Å². The Balaban J connectivity index is 2.54. The van der Waals surface area contributed by atoms with Crippen molar-refractivity contribution in [2.75, 3.05) is 7.11 Å². The highest BCUT2D eigenvalue weighted by Crippen LogP contribution is 2.35. The Kier molecular flexibility index (Phi) is 3.19. The first-order chi connectivity index (χ1) is 8.63. The van der Waals surface area contributed by atoms with Gasteiger partial charge in [0.05, 0.1) is 7.11 Å². The lowest BCUT2D eigenvalue weighted by Crippen LogP contribution is -2.10. The molecule has 2 rings (SSSR count). The van der Waals surface area contributed by atoms with E-state index in [0.29, 0.717) is 11.3 Å². The number of benzene rings is 2. The number of phenolic OH excluding ortho intramolecular Hbond substituents is 1. The highest BCUT2D eigenvalue weighted by Gasteiger charge is 2.11. The van der Waals surface area contributed by atoms with Gasteiger partial charge in [0.25, 0.3) is 0 Å². The predicted octanol–water partition coefficient (Wildman–Crippen LogP) is 2.17. The zero-order valence-electron chi connectivity index (χ0n) is 9.88. The van der Waals surface area contributed by atoms with Crippen molar-refractivity contribution in [3.8, 4) is 22.6 Å². The van der Waals surface area contributed by atoms with Gasteiger partial charge in [-0.05, 0) is 24.3 Å². The van der Waals surface area contributed by atoms with Gasteiger partial charge in [0.2, 0.25) is 5.91 Å². The first-order valence-electron chi connectivity index (χ1n) is 5.39. The molecule has 92 valence electrons. The maximum atomic E-state index is 11.0. The third kappa shape index (κ3) is 2.13. The number of hydrogen-bond donors (Lipinski definition) is 2. The zero-order valence-corrected chi connectivity index (χ0v) is 9.88. The molecule has 0 radical (unpaired) electrons. The lowest BCUT2D eigenvalue weighted by molar-refractivity contribution is 0.1000. The number of carbonyl (C=O) groups excluding carboxylic acids is 1. The summed E-state index contributed by atoms with van der Waals surface area (Å²) in [5.74, 6) is 0.0762. The highest BCUT2D eigenvalue weighted by atomic mass is 16.5. The van der Waals surface area contributed by atoms with E-state index in [0.717, 1.165) is 5.56 Å². The van der Waals surface area contributed by atoms with E-state index in [1.54, 1.807) is 25.3 Å². The van der Waals surface area contributed by atoms with Gasteiger partial charge in [-0.15, -0.1) is 0 Å². The van der Waals surface area contributed by atoms with Crippen molar-refractivity contribution in [1.29, 1.82) is 0 Å². The summed E-state index contributed by atoms with van der Waals surface area (Å²) in [4.78, 5) is 11.0. The van der Waals surface area contributed by atoms with Gasteiger partial charge in [-0.1, -0.05) is 18.2 Å². The van der Waals surface area contributed by atoms with Gasteiger partial charge in [0.1, 0.15) is 11.5 Å². The zero-order chi connectivity index (χ0) is 13.1. The molecule has 2 aromatic carbocycles. The maximum Gasteiger partial charge on any atom is 0.248 e. The van der Waals surface area contributed by atoms with E-state index in [4.69, 9.17) is 10.5 Å². The minimum atomic E-state index is -0.572. The Labute approximate surface area is 105 Å². The van der Waals surface area contributed by atoms with Crippen molar-refractivity contribution >= 4 is 5.91 Å². The molecule has 0 saturated heterocycles. The molecule has 0 aliphatic heterocycles. The molecule has 0 aliphatic carbocycles. The van der Waals surface area contributed by atoms with Gasteiger partial charge >= 0.3 is 0 Å². The van der Waals surface area contributed by atoms with Crippen LogP contribution in [0.3, 0.4) is 0 Å². The Hall–Kier alpha value is -2.49. The average Bonchev–Trinajstić information content (AvgIpc) is 2.38. The van der Waals surface area contributed by atoms with E-state index < -0.39 is 5.91 Å². The van der Waals surface area contributed by atoms with Gasteiger partial charge < -0.3 is 15.6 Å². The van der Waals surface area contributed by atoms with Gasteiger partial charge in [-0.2, -0.15) is 0 Å². The topological polar surface area (TPSA) is 72.5 Å². The number of nitrogens with two attached hydrogens (primary N) is 1. The molecule has 0 aromatic heterocycles. The van der Waals surface area contributed by atoms with Crippen LogP contribution in [0.5, 0.6) is 11.5 Å². The molecule has 0 fully saturated rings. The minimum Gasteiger partial charge on any atom is -0.507 e. The van der Waals surface area contributed by atoms with Gasteiger partial charge in [-0.3, -0.25) is 4.79 Å². The van der Waals surface area contributed by atoms with Crippen LogP contribution in [-0.4, -0.2) is 18.1 Å². The number of para-hydroxylation sites is 1. The summed E-state index contributed by atoms with van der Waals surface area (Å²) in [6, 6.07) is 11.9. The van der Waals surface area contributed by atoms with Crippen molar-refractivity contribution in [3.63, 3.8) is 0 Å². The molecule has 0 aliphatic rings. The van der Waals surface area contributed by atoms with Crippen LogP contribution in [0.15, 0.2) is 42.5 Å². The summed E-state index contributed by atoms with van der Waals surface area (Å²) in [6.45, 7) is 0. The van der Waals surface area contributed by atoms with Crippen LogP contribution in [0.4, 0.5) is 0 Å². The molecule has 2 aromatic rings. The molecule has 1 amide bonds. The highest BCUT2D eigenvalue weighted by molar-refractivity contribution is 5.94. The van der Waals surface area contributed by atoms with E-state index >= 15 is 0 Å². The largest absolute Gasteiger partial charge is 0.507 e. The molecule has 0 unspecified atom stereocenters. The molecular formula is C14H13NO3. The smallest absolute Gasteiger partial charge is 0.248 e. The van der Waals surface area contributed by atoms with Crippen molar-refractivity contribution < 1.29 is 14.6 Å². The second kappa shape index (κ2) is 4.79. The van der Waals surface area contributed by atoms with Crippen LogP contribution in [0.1, 0.15) is 10.4 Å². The fourth-order valence-corrected chi connectivity index (χ4v) is 1.78. The van der Waals surface area contributed by atoms with E-state index in [9.17, 15) is 9.90 Å². The second-order valence-corrected chi connectivity index (χ2v) is 3.80. The Bertz CT molecular complexity index is 593. The molecule has 3 N–H and O–H groups in total. The fraction of sp³-hybridized carbons (Fsp3) is 0.0714. The van der Waals surface area contributed by atoms with E-state index in [-0.39, 0.29) is 11.3 Å². The van der Waals surface area contributed by atoms with Crippen LogP contribution >= 0.6 is 0 Å². The van der Waals surface area contributed by atoms with Crippen LogP contribution in [-0.2, 0) is 0 Å². The molecule has 0 atom stereocenters. The van der Waals surface area contributed by atoms with Crippen molar-refractivity contribution in [1.82, 2.24) is 0 Å². The van der Waals surface area contributed by atoms with Gasteiger partial charge in [0, 0.05) is 16.7 Å². The fourth-order valence-electron chi connectivity index (χ4n) is 1.78. The predicted molar refractivity (Wildman–Crippen MR) is 68.6 cm³/mol. The summed E-state index contributed by atoms with van der Waals surface area (Å²) in [5, 5.41) is 9.95. The molecular weight excluding hydrogens is 230 g/mol. The number of ether oxygens (including phenoxy) is 1. The van der Waals surface area contributed by atoms with E-state index in [1.807, 2.05) is 18.2 Å². The first kappa shape index (κ1) is 12.0. The average molecular weight is 243 g/mol. The quantitative estimate of drug-likeness (QED) is 0.867. The van der Waals surface area contributed by atoms with E-state index in [2.05, 4.69) is 0 Å². The number of phenols is 1. The number of primary amides is 1. The molecule has 18 heavy (non-hydrogen) atoms. The number of hydrogen-bond acceptors (Lipinski definition) is 3. The summed E-state index contributed by atoms with van der Waals surface area (Å²) in [6.07, 6.45) is 0. The van der Waals surface area contributed by atoms with Crippen LogP contribution in [0, 0.1) is 0 Å². The number of carbonyl (C=O) groups is 1. The molecule has 4 heteroatoms. The van der Waals surface area contributed by atoms with Gasteiger partial charge in [-0.25, -0.2) is 0 Å². The van der Waals surface area contributed by atoms with Crippen molar-refractivity contribution in [3.05, 3.63) is 48.0 Å². The summed E-state index contributed by atoms with van der Waals surface area (Å²) in [7, 11) is 1.56. The lowest BCUT2D eigenvalue weighted by Gasteiger charge is -2.10. The van der Waals surface area contributed by atoms with Crippen molar-refractivity contribution in [2.24, 2.45) is 5.73 Å². The van der Waals surface area contributed by atoms with Crippen LogP contribution in [0.25, 0.3) is 11.1 Å². The van der Waals surface area contributed by atoms with E-state index in [1.165, 1.54) is 6.07 Å². The third-order valence-corrected chi connectivity index (χ3v) is 2.68. The molecule has 0 saturated carbocycles. The Morgan fingerprint density at radius 1 is 1.17 bits per heavy atom. The van der Waals surface area contributed by atoms with Gasteiger partial charge in [0.15, 0.2) is 0 Å². The lowest BCUT2D eigenvalue weighted by atomic mass is 10.0. The molecule has 0 bridgehead atoms. The summed E-state index contributed by atoms with van der Waals surface area (Å²) < 4.78 is 5.23. The summed E-state index contributed by atoms with van der Waals surface area (Å²) >= 11 is 0. The number of rotatable bonds is 3. The first-order valence-corrected chi connectivity index (χ1v) is 5.39. The Morgan fingerprint density at radius 3 is 2.50 bits per heavy atom. The molecule has 0 heterocycles. The second-order valence-electron chi connectivity index (χ2n) is 3.80. The normalized spacial score (nSPS) is 10.1. The standard InChI is InChI=1S/C14H13NO3/c1-18-13-5-3-2-4-11(13)10-7-6-9(14(15)17)8-12(10)16/h2-8,16H,1H3,(H2,15,17). The maximum absolute atomic E-state index is 11.0. The minimum absolute atomic E-state index is 0.00389. The third-order valence-electron chi connectivity index (χ3n) is 2.68. The Morgan fingerprint density at radius 2 is 1.89 bits per heavy atom. The molecule has 0 spiro atoms. The number of amides is 1. The molecule has 4 nitrogen and oxygen atoms in total. The SMILES string of the molecule is COc1ccccc1-c1ccc(C(N)=O)cc1O.